The standard InChI is InChI=1S/C18H19N3O3/c1-14-13-15(7-8-17(14)21(23)24)18(22)20-11-9-19(10-12-20)16-5-3-2-4-6-16/h2-8,13H,9-12H2,1H3. The highest BCUT2D eigenvalue weighted by Gasteiger charge is 2.23. The Balaban J connectivity index is 1.67. The van der Waals surface area contributed by atoms with E-state index in [-0.39, 0.29) is 11.6 Å². The quantitative estimate of drug-likeness (QED) is 0.643. The van der Waals surface area contributed by atoms with Gasteiger partial charge in [0, 0.05) is 49.1 Å². The molecule has 0 aromatic heterocycles. The Morgan fingerprint density at radius 2 is 1.71 bits per heavy atom. The van der Waals surface area contributed by atoms with Crippen LogP contribution in [0.4, 0.5) is 11.4 Å². The van der Waals surface area contributed by atoms with Gasteiger partial charge in [-0.3, -0.25) is 14.9 Å². The molecular formula is C18H19N3O3. The molecule has 6 heteroatoms. The maximum absolute atomic E-state index is 12.6. The predicted octanol–water partition coefficient (Wildman–Crippen LogP) is 2.87. The van der Waals surface area contributed by atoms with Crippen LogP contribution in [0.1, 0.15) is 15.9 Å². The molecule has 0 aliphatic carbocycles. The molecule has 124 valence electrons. The van der Waals surface area contributed by atoms with Crippen LogP contribution in [0, 0.1) is 17.0 Å². The van der Waals surface area contributed by atoms with Crippen molar-refractivity contribution in [2.45, 2.75) is 6.92 Å². The minimum Gasteiger partial charge on any atom is -0.368 e. The smallest absolute Gasteiger partial charge is 0.272 e. The average Bonchev–Trinajstić information content (AvgIpc) is 2.61. The topological polar surface area (TPSA) is 66.7 Å². The molecule has 0 bridgehead atoms. The van der Waals surface area contributed by atoms with Crippen LogP contribution in [-0.2, 0) is 0 Å². The van der Waals surface area contributed by atoms with Crippen molar-refractivity contribution in [3.05, 3.63) is 69.8 Å². The molecule has 1 aliphatic rings. The summed E-state index contributed by atoms with van der Waals surface area (Å²) < 4.78 is 0. The molecule has 2 aromatic rings. The average molecular weight is 325 g/mol. The normalized spacial score (nSPS) is 14.5. The maximum atomic E-state index is 12.6. The molecule has 0 atom stereocenters. The lowest BCUT2D eigenvalue weighted by molar-refractivity contribution is -0.385. The Morgan fingerprint density at radius 1 is 1.04 bits per heavy atom. The largest absolute Gasteiger partial charge is 0.368 e. The molecule has 24 heavy (non-hydrogen) atoms. The predicted molar refractivity (Wildman–Crippen MR) is 92.4 cm³/mol. The second-order valence-corrected chi connectivity index (χ2v) is 5.87. The summed E-state index contributed by atoms with van der Waals surface area (Å²) in [6.45, 7) is 4.50. The van der Waals surface area contributed by atoms with Gasteiger partial charge in [-0.05, 0) is 31.2 Å². The number of hydrogen-bond acceptors (Lipinski definition) is 4. The SMILES string of the molecule is Cc1cc(C(=O)N2CCN(c3ccccc3)CC2)ccc1[N+](=O)[O-]. The molecule has 1 aliphatic heterocycles. The Hall–Kier alpha value is -2.89. The molecule has 6 nitrogen and oxygen atoms in total. The van der Waals surface area contributed by atoms with Gasteiger partial charge < -0.3 is 9.80 Å². The van der Waals surface area contributed by atoms with Crippen molar-refractivity contribution in [3.63, 3.8) is 0 Å². The highest BCUT2D eigenvalue weighted by Crippen LogP contribution is 2.21. The van der Waals surface area contributed by atoms with Gasteiger partial charge >= 0.3 is 0 Å². The third-order valence-corrected chi connectivity index (χ3v) is 4.33. The van der Waals surface area contributed by atoms with E-state index in [9.17, 15) is 14.9 Å². The van der Waals surface area contributed by atoms with Gasteiger partial charge in [0.25, 0.3) is 11.6 Å². The maximum Gasteiger partial charge on any atom is 0.272 e. The number of nitro benzene ring substituents is 1. The van der Waals surface area contributed by atoms with Crippen LogP contribution in [0.25, 0.3) is 0 Å². The molecule has 0 spiro atoms. The minimum absolute atomic E-state index is 0.0421. The number of rotatable bonds is 3. The van der Waals surface area contributed by atoms with E-state index in [0.29, 0.717) is 24.2 Å². The molecule has 0 N–H and O–H groups in total. The first-order valence-electron chi connectivity index (χ1n) is 7.90. The zero-order valence-electron chi connectivity index (χ0n) is 13.5. The van der Waals surface area contributed by atoms with E-state index < -0.39 is 4.92 Å². The van der Waals surface area contributed by atoms with E-state index in [1.165, 1.54) is 12.1 Å². The van der Waals surface area contributed by atoms with Crippen LogP contribution in [0.2, 0.25) is 0 Å². The molecule has 1 saturated heterocycles. The molecule has 1 amide bonds. The Labute approximate surface area is 140 Å². The summed E-state index contributed by atoms with van der Waals surface area (Å²) in [5, 5.41) is 10.9. The van der Waals surface area contributed by atoms with Crippen LogP contribution in [0.5, 0.6) is 0 Å². The second-order valence-electron chi connectivity index (χ2n) is 5.87. The number of para-hydroxylation sites is 1. The number of aryl methyl sites for hydroxylation is 1. The van der Waals surface area contributed by atoms with Crippen molar-refractivity contribution in [1.82, 2.24) is 4.90 Å². The lowest BCUT2D eigenvalue weighted by Gasteiger charge is -2.36. The highest BCUT2D eigenvalue weighted by atomic mass is 16.6. The zero-order chi connectivity index (χ0) is 17.1. The van der Waals surface area contributed by atoms with Gasteiger partial charge in [-0.25, -0.2) is 0 Å². The van der Waals surface area contributed by atoms with E-state index in [4.69, 9.17) is 0 Å². The number of piperazine rings is 1. The first-order chi connectivity index (χ1) is 11.6. The minimum atomic E-state index is -0.428. The fourth-order valence-electron chi connectivity index (χ4n) is 2.98. The fourth-order valence-corrected chi connectivity index (χ4v) is 2.98. The first kappa shape index (κ1) is 16.0. The van der Waals surface area contributed by atoms with Gasteiger partial charge in [-0.2, -0.15) is 0 Å². The van der Waals surface area contributed by atoms with Crippen LogP contribution in [0.15, 0.2) is 48.5 Å². The van der Waals surface area contributed by atoms with Crippen molar-refractivity contribution >= 4 is 17.3 Å². The highest BCUT2D eigenvalue weighted by molar-refractivity contribution is 5.95. The van der Waals surface area contributed by atoms with Gasteiger partial charge in [-0.15, -0.1) is 0 Å². The van der Waals surface area contributed by atoms with Gasteiger partial charge in [0.05, 0.1) is 4.92 Å². The summed E-state index contributed by atoms with van der Waals surface area (Å²) in [5.41, 5.74) is 2.22. The third-order valence-electron chi connectivity index (χ3n) is 4.33. The number of nitro groups is 1. The summed E-state index contributed by atoms with van der Waals surface area (Å²) in [6.07, 6.45) is 0. The summed E-state index contributed by atoms with van der Waals surface area (Å²) in [4.78, 5) is 27.1. The molecule has 1 fully saturated rings. The van der Waals surface area contributed by atoms with Gasteiger partial charge in [0.1, 0.15) is 0 Å². The van der Waals surface area contributed by atoms with Crippen molar-refractivity contribution in [1.29, 1.82) is 0 Å². The lowest BCUT2D eigenvalue weighted by atomic mass is 10.1. The Morgan fingerprint density at radius 3 is 2.29 bits per heavy atom. The number of carbonyl (C=O) groups is 1. The summed E-state index contributed by atoms with van der Waals surface area (Å²) in [7, 11) is 0. The van der Waals surface area contributed by atoms with Crippen molar-refractivity contribution in [2.24, 2.45) is 0 Å². The summed E-state index contributed by atoms with van der Waals surface area (Å²) >= 11 is 0. The summed E-state index contributed by atoms with van der Waals surface area (Å²) in [6, 6.07) is 14.7. The van der Waals surface area contributed by atoms with Crippen LogP contribution >= 0.6 is 0 Å². The Bertz CT molecular complexity index is 753. The van der Waals surface area contributed by atoms with E-state index in [1.54, 1.807) is 17.9 Å². The number of anilines is 1. The van der Waals surface area contributed by atoms with Crippen molar-refractivity contribution < 1.29 is 9.72 Å². The number of hydrogen-bond donors (Lipinski definition) is 0. The fraction of sp³-hybridized carbons (Fsp3) is 0.278. The number of carbonyl (C=O) groups excluding carboxylic acids is 1. The molecular weight excluding hydrogens is 306 g/mol. The van der Waals surface area contributed by atoms with E-state index in [2.05, 4.69) is 17.0 Å². The van der Waals surface area contributed by atoms with Gasteiger partial charge in [-0.1, -0.05) is 18.2 Å². The van der Waals surface area contributed by atoms with Crippen LogP contribution in [-0.4, -0.2) is 41.9 Å². The van der Waals surface area contributed by atoms with Crippen molar-refractivity contribution in [3.8, 4) is 0 Å². The molecule has 0 radical (unpaired) electrons. The lowest BCUT2D eigenvalue weighted by Crippen LogP contribution is -2.48. The van der Waals surface area contributed by atoms with Crippen LogP contribution in [0.3, 0.4) is 0 Å². The number of benzene rings is 2. The Kier molecular flexibility index (Phi) is 4.46. The first-order valence-corrected chi connectivity index (χ1v) is 7.90. The number of nitrogens with zero attached hydrogens (tertiary/aromatic N) is 3. The van der Waals surface area contributed by atoms with E-state index in [1.807, 2.05) is 18.2 Å². The second kappa shape index (κ2) is 6.70. The molecule has 0 saturated carbocycles. The van der Waals surface area contributed by atoms with Gasteiger partial charge in [0.15, 0.2) is 0 Å². The third kappa shape index (κ3) is 3.22. The number of amides is 1. The molecule has 3 rings (SSSR count). The zero-order valence-corrected chi connectivity index (χ0v) is 13.5. The van der Waals surface area contributed by atoms with Gasteiger partial charge in [0.2, 0.25) is 0 Å². The van der Waals surface area contributed by atoms with E-state index >= 15 is 0 Å². The molecule has 1 heterocycles. The van der Waals surface area contributed by atoms with Crippen LogP contribution < -0.4 is 4.90 Å². The summed E-state index contributed by atoms with van der Waals surface area (Å²) in [5.74, 6) is -0.0688. The molecule has 2 aromatic carbocycles. The molecule has 0 unspecified atom stereocenters. The monoisotopic (exact) mass is 325 g/mol. The van der Waals surface area contributed by atoms with Crippen molar-refractivity contribution in [2.75, 3.05) is 31.1 Å². The van der Waals surface area contributed by atoms with E-state index in [0.717, 1.165) is 18.8 Å².